The minimum atomic E-state index is 0.512. The second-order valence-electron chi connectivity index (χ2n) is 4.00. The number of rotatable bonds is 3. The van der Waals surface area contributed by atoms with E-state index in [0.29, 0.717) is 22.7 Å². The van der Waals surface area contributed by atoms with Gasteiger partial charge in [-0.3, -0.25) is 0 Å². The molecule has 19 heavy (non-hydrogen) atoms. The first-order valence-electron chi connectivity index (χ1n) is 5.64. The third-order valence-electron chi connectivity index (χ3n) is 2.70. The first-order chi connectivity index (χ1) is 9.13. The number of nitriles is 1. The van der Waals surface area contributed by atoms with Gasteiger partial charge in [0.1, 0.15) is 5.75 Å². The van der Waals surface area contributed by atoms with Crippen molar-refractivity contribution in [3.05, 3.63) is 42.0 Å². The first-order valence-corrected chi connectivity index (χ1v) is 5.64. The van der Waals surface area contributed by atoms with Crippen molar-refractivity contribution in [3.63, 3.8) is 0 Å². The fourth-order valence-corrected chi connectivity index (χ4v) is 1.67. The predicted octanol–water partition coefficient (Wildman–Crippen LogP) is 2.47. The largest absolute Gasteiger partial charge is 0.495 e. The SMILES string of the molecule is COc1cc(C#N)ccc1Nc1ccc(N)c(N)c1. The second-order valence-corrected chi connectivity index (χ2v) is 4.00. The number of benzene rings is 2. The van der Waals surface area contributed by atoms with Gasteiger partial charge < -0.3 is 21.5 Å². The summed E-state index contributed by atoms with van der Waals surface area (Å²) >= 11 is 0. The monoisotopic (exact) mass is 254 g/mol. The van der Waals surface area contributed by atoms with E-state index in [1.165, 1.54) is 0 Å². The molecule has 0 bridgehead atoms. The van der Waals surface area contributed by atoms with Crippen LogP contribution in [-0.2, 0) is 0 Å². The van der Waals surface area contributed by atoms with Gasteiger partial charge in [0.05, 0.1) is 35.8 Å². The Kier molecular flexibility index (Phi) is 3.44. The fourth-order valence-electron chi connectivity index (χ4n) is 1.67. The van der Waals surface area contributed by atoms with E-state index in [1.54, 1.807) is 37.4 Å². The Morgan fingerprint density at radius 3 is 2.53 bits per heavy atom. The van der Waals surface area contributed by atoms with Gasteiger partial charge in [-0.05, 0) is 30.3 Å². The Morgan fingerprint density at radius 1 is 1.11 bits per heavy atom. The molecule has 0 atom stereocenters. The van der Waals surface area contributed by atoms with Crippen LogP contribution in [0.5, 0.6) is 5.75 Å². The standard InChI is InChI=1S/C14H14N4O/c1-19-14-6-9(8-15)2-5-13(14)18-10-3-4-11(16)12(17)7-10/h2-7,18H,16-17H2,1H3. The van der Waals surface area contributed by atoms with E-state index < -0.39 is 0 Å². The molecular weight excluding hydrogens is 240 g/mol. The van der Waals surface area contributed by atoms with Crippen LogP contribution in [0.3, 0.4) is 0 Å². The number of hydrogen-bond donors (Lipinski definition) is 3. The van der Waals surface area contributed by atoms with Crippen LogP contribution in [0.15, 0.2) is 36.4 Å². The molecule has 0 radical (unpaired) electrons. The molecule has 2 rings (SSSR count). The van der Waals surface area contributed by atoms with Crippen LogP contribution < -0.4 is 21.5 Å². The maximum atomic E-state index is 8.85. The van der Waals surface area contributed by atoms with E-state index in [9.17, 15) is 0 Å². The van der Waals surface area contributed by atoms with E-state index in [1.807, 2.05) is 6.07 Å². The summed E-state index contributed by atoms with van der Waals surface area (Å²) < 4.78 is 5.24. The molecule has 0 aliphatic heterocycles. The van der Waals surface area contributed by atoms with Gasteiger partial charge in [-0.1, -0.05) is 0 Å². The number of methoxy groups -OCH3 is 1. The van der Waals surface area contributed by atoms with E-state index in [0.717, 1.165) is 11.4 Å². The number of nitrogens with one attached hydrogen (secondary N) is 1. The summed E-state index contributed by atoms with van der Waals surface area (Å²) in [6, 6.07) is 12.5. The molecule has 2 aromatic rings. The zero-order valence-corrected chi connectivity index (χ0v) is 10.5. The minimum Gasteiger partial charge on any atom is -0.495 e. The van der Waals surface area contributed by atoms with Crippen LogP contribution in [0, 0.1) is 11.3 Å². The summed E-state index contributed by atoms with van der Waals surface area (Å²) in [5.41, 5.74) is 14.6. The smallest absolute Gasteiger partial charge is 0.143 e. The Labute approximate surface area is 111 Å². The first kappa shape index (κ1) is 12.6. The van der Waals surface area contributed by atoms with Gasteiger partial charge in [-0.15, -0.1) is 0 Å². The Morgan fingerprint density at radius 2 is 1.89 bits per heavy atom. The van der Waals surface area contributed by atoms with Crippen molar-refractivity contribution in [2.75, 3.05) is 23.9 Å². The Balaban J connectivity index is 2.32. The summed E-state index contributed by atoms with van der Waals surface area (Å²) in [5.74, 6) is 0.592. The molecule has 0 amide bonds. The molecule has 0 unspecified atom stereocenters. The molecule has 0 aliphatic carbocycles. The molecule has 5 nitrogen and oxygen atoms in total. The van der Waals surface area contributed by atoms with Gasteiger partial charge in [-0.25, -0.2) is 0 Å². The summed E-state index contributed by atoms with van der Waals surface area (Å²) in [4.78, 5) is 0. The lowest BCUT2D eigenvalue weighted by atomic mass is 10.2. The number of nitrogen functional groups attached to an aromatic ring is 2. The molecule has 96 valence electrons. The minimum absolute atomic E-state index is 0.512. The van der Waals surface area contributed by atoms with Crippen LogP contribution in [0.25, 0.3) is 0 Å². The number of anilines is 4. The molecule has 5 heteroatoms. The number of hydrogen-bond acceptors (Lipinski definition) is 5. The predicted molar refractivity (Wildman–Crippen MR) is 76.3 cm³/mol. The third kappa shape index (κ3) is 2.69. The summed E-state index contributed by atoms with van der Waals surface area (Å²) in [6.07, 6.45) is 0. The van der Waals surface area contributed by atoms with Gasteiger partial charge in [0.15, 0.2) is 0 Å². The van der Waals surface area contributed by atoms with Crippen LogP contribution >= 0.6 is 0 Å². The summed E-state index contributed by atoms with van der Waals surface area (Å²) in [6.45, 7) is 0. The van der Waals surface area contributed by atoms with Crippen molar-refractivity contribution < 1.29 is 4.74 Å². The molecule has 0 fully saturated rings. The molecule has 0 aliphatic rings. The lowest BCUT2D eigenvalue weighted by Crippen LogP contribution is -1.98. The molecule has 0 saturated heterocycles. The molecule has 0 heterocycles. The third-order valence-corrected chi connectivity index (χ3v) is 2.70. The van der Waals surface area contributed by atoms with Crippen LogP contribution in [-0.4, -0.2) is 7.11 Å². The number of nitrogens with two attached hydrogens (primary N) is 2. The van der Waals surface area contributed by atoms with E-state index >= 15 is 0 Å². The van der Waals surface area contributed by atoms with Gasteiger partial charge in [0.25, 0.3) is 0 Å². The van der Waals surface area contributed by atoms with Crippen LogP contribution in [0.2, 0.25) is 0 Å². The average Bonchev–Trinajstić information content (AvgIpc) is 2.43. The number of nitrogens with zero attached hydrogens (tertiary/aromatic N) is 1. The molecule has 0 spiro atoms. The van der Waals surface area contributed by atoms with Crippen molar-refractivity contribution in [2.45, 2.75) is 0 Å². The van der Waals surface area contributed by atoms with E-state index in [4.69, 9.17) is 21.5 Å². The summed E-state index contributed by atoms with van der Waals surface area (Å²) in [5, 5.41) is 12.0. The Hall–Kier alpha value is -2.87. The molecule has 5 N–H and O–H groups in total. The zero-order valence-electron chi connectivity index (χ0n) is 10.5. The van der Waals surface area contributed by atoms with Gasteiger partial charge in [-0.2, -0.15) is 5.26 Å². The number of ether oxygens (including phenoxy) is 1. The van der Waals surface area contributed by atoms with Crippen molar-refractivity contribution in [1.29, 1.82) is 5.26 Å². The molecular formula is C14H14N4O. The van der Waals surface area contributed by atoms with Crippen molar-refractivity contribution in [1.82, 2.24) is 0 Å². The molecule has 2 aromatic carbocycles. The molecule has 0 aromatic heterocycles. The lowest BCUT2D eigenvalue weighted by molar-refractivity contribution is 0.416. The molecule has 0 saturated carbocycles. The van der Waals surface area contributed by atoms with Gasteiger partial charge in [0, 0.05) is 11.8 Å². The quantitative estimate of drug-likeness (QED) is 0.731. The fraction of sp³-hybridized carbons (Fsp3) is 0.0714. The van der Waals surface area contributed by atoms with Crippen molar-refractivity contribution in [3.8, 4) is 11.8 Å². The topological polar surface area (TPSA) is 97.1 Å². The van der Waals surface area contributed by atoms with Crippen molar-refractivity contribution >= 4 is 22.7 Å². The van der Waals surface area contributed by atoms with E-state index in [-0.39, 0.29) is 0 Å². The normalized spacial score (nSPS) is 9.68. The maximum absolute atomic E-state index is 8.85. The highest BCUT2D eigenvalue weighted by Crippen LogP contribution is 2.30. The lowest BCUT2D eigenvalue weighted by Gasteiger charge is -2.12. The second kappa shape index (κ2) is 5.19. The average molecular weight is 254 g/mol. The van der Waals surface area contributed by atoms with Crippen LogP contribution in [0.1, 0.15) is 5.56 Å². The summed E-state index contributed by atoms with van der Waals surface area (Å²) in [7, 11) is 1.55. The Bertz CT molecular complexity index is 646. The van der Waals surface area contributed by atoms with Crippen LogP contribution in [0.4, 0.5) is 22.7 Å². The highest BCUT2D eigenvalue weighted by molar-refractivity contribution is 5.74. The zero-order chi connectivity index (χ0) is 13.8. The van der Waals surface area contributed by atoms with Gasteiger partial charge >= 0.3 is 0 Å². The van der Waals surface area contributed by atoms with E-state index in [2.05, 4.69) is 11.4 Å². The van der Waals surface area contributed by atoms with Gasteiger partial charge in [0.2, 0.25) is 0 Å². The highest BCUT2D eigenvalue weighted by Gasteiger charge is 2.05. The van der Waals surface area contributed by atoms with Crippen molar-refractivity contribution in [2.24, 2.45) is 0 Å². The maximum Gasteiger partial charge on any atom is 0.143 e. The highest BCUT2D eigenvalue weighted by atomic mass is 16.5.